The normalized spacial score (nSPS) is 12.2. The Kier molecular flexibility index (Phi) is 4.95. The van der Waals surface area contributed by atoms with Gasteiger partial charge >= 0.3 is 0 Å². The molecule has 0 aliphatic heterocycles. The van der Waals surface area contributed by atoms with E-state index in [1.807, 2.05) is 35.0 Å². The first-order valence-electron chi connectivity index (χ1n) is 7.05. The van der Waals surface area contributed by atoms with Gasteiger partial charge in [-0.15, -0.1) is 0 Å². The van der Waals surface area contributed by atoms with Gasteiger partial charge in [0.15, 0.2) is 5.11 Å². The lowest BCUT2D eigenvalue weighted by molar-refractivity contribution is 0.658. The minimum absolute atomic E-state index is 0.122. The summed E-state index contributed by atoms with van der Waals surface area (Å²) >= 11 is 5.34. The van der Waals surface area contributed by atoms with Gasteiger partial charge in [-0.3, -0.25) is 9.36 Å². The third-order valence-electron chi connectivity index (χ3n) is 3.55. The quantitative estimate of drug-likeness (QED) is 0.823. The van der Waals surface area contributed by atoms with Crippen molar-refractivity contribution in [1.82, 2.24) is 30.2 Å². The van der Waals surface area contributed by atoms with E-state index in [-0.39, 0.29) is 6.04 Å². The van der Waals surface area contributed by atoms with E-state index in [0.29, 0.717) is 11.7 Å². The number of hydrogen-bond acceptors (Lipinski definition) is 3. The van der Waals surface area contributed by atoms with Crippen LogP contribution in [-0.2, 0) is 20.1 Å². The zero-order chi connectivity index (χ0) is 15.4. The predicted molar refractivity (Wildman–Crippen MR) is 86.8 cm³/mol. The highest BCUT2D eigenvalue weighted by Crippen LogP contribution is 2.15. The topological polar surface area (TPSA) is 59.7 Å². The molecule has 2 aromatic rings. The standard InChI is InChI=1S/C14H22N6S/c1-5-20-9-12(7-17-20)6-15-14(21)18-10(2)13-8-16-19(4)11(13)3/h7-10H,5-6H2,1-4H3,(H2,15,18,21). The summed E-state index contributed by atoms with van der Waals surface area (Å²) in [6.45, 7) is 7.74. The first-order valence-corrected chi connectivity index (χ1v) is 7.46. The number of nitrogens with one attached hydrogen (secondary N) is 2. The maximum absolute atomic E-state index is 5.34. The van der Waals surface area contributed by atoms with Gasteiger partial charge in [-0.1, -0.05) is 0 Å². The van der Waals surface area contributed by atoms with Crippen molar-refractivity contribution in [3.8, 4) is 0 Å². The van der Waals surface area contributed by atoms with Gasteiger partial charge in [0.2, 0.25) is 0 Å². The van der Waals surface area contributed by atoms with Gasteiger partial charge in [0.25, 0.3) is 0 Å². The summed E-state index contributed by atoms with van der Waals surface area (Å²) in [5, 5.41) is 15.6. The highest BCUT2D eigenvalue weighted by molar-refractivity contribution is 7.80. The third-order valence-corrected chi connectivity index (χ3v) is 3.81. The van der Waals surface area contributed by atoms with Crippen molar-refractivity contribution in [3.05, 3.63) is 35.4 Å². The Balaban J connectivity index is 1.85. The number of aryl methyl sites for hydroxylation is 2. The third kappa shape index (κ3) is 3.81. The molecule has 2 rings (SSSR count). The van der Waals surface area contributed by atoms with E-state index in [1.165, 1.54) is 0 Å². The molecule has 0 aliphatic rings. The largest absolute Gasteiger partial charge is 0.359 e. The van der Waals surface area contributed by atoms with Crippen LogP contribution in [0.5, 0.6) is 0 Å². The Bertz CT molecular complexity index is 615. The van der Waals surface area contributed by atoms with Crippen molar-refractivity contribution in [1.29, 1.82) is 0 Å². The summed E-state index contributed by atoms with van der Waals surface area (Å²) in [4.78, 5) is 0. The van der Waals surface area contributed by atoms with Gasteiger partial charge in [-0.2, -0.15) is 10.2 Å². The van der Waals surface area contributed by atoms with Crippen molar-refractivity contribution >= 4 is 17.3 Å². The fourth-order valence-electron chi connectivity index (χ4n) is 2.12. The molecule has 0 aromatic carbocycles. The molecule has 0 aliphatic carbocycles. The Morgan fingerprint density at radius 3 is 2.71 bits per heavy atom. The van der Waals surface area contributed by atoms with Gasteiger partial charge in [-0.25, -0.2) is 0 Å². The fraction of sp³-hybridized carbons (Fsp3) is 0.500. The Hall–Kier alpha value is -1.89. The summed E-state index contributed by atoms with van der Waals surface area (Å²) in [5.74, 6) is 0. The molecule has 0 amide bonds. The van der Waals surface area contributed by atoms with Gasteiger partial charge in [-0.05, 0) is 33.0 Å². The number of rotatable bonds is 5. The monoisotopic (exact) mass is 306 g/mol. The summed E-state index contributed by atoms with van der Waals surface area (Å²) < 4.78 is 3.76. The van der Waals surface area contributed by atoms with Gasteiger partial charge in [0, 0.05) is 43.2 Å². The summed E-state index contributed by atoms with van der Waals surface area (Å²) in [6.07, 6.45) is 5.75. The molecule has 0 saturated heterocycles. The summed E-state index contributed by atoms with van der Waals surface area (Å²) in [6, 6.07) is 0.122. The van der Waals surface area contributed by atoms with Crippen LogP contribution < -0.4 is 10.6 Å². The summed E-state index contributed by atoms with van der Waals surface area (Å²) in [5.41, 5.74) is 3.41. The molecule has 0 radical (unpaired) electrons. The smallest absolute Gasteiger partial charge is 0.167 e. The van der Waals surface area contributed by atoms with Gasteiger partial charge in [0.05, 0.1) is 18.4 Å². The second-order valence-electron chi connectivity index (χ2n) is 5.06. The molecule has 1 atom stereocenters. The van der Waals surface area contributed by atoms with E-state index in [4.69, 9.17) is 12.2 Å². The first kappa shape index (κ1) is 15.5. The molecule has 2 N–H and O–H groups in total. The average molecular weight is 306 g/mol. The van der Waals surface area contributed by atoms with Crippen molar-refractivity contribution in [2.45, 2.75) is 39.9 Å². The Labute approximate surface area is 130 Å². The van der Waals surface area contributed by atoms with Crippen molar-refractivity contribution in [2.24, 2.45) is 7.05 Å². The predicted octanol–water partition coefficient (Wildman–Crippen LogP) is 1.67. The minimum atomic E-state index is 0.122. The van der Waals surface area contributed by atoms with Crippen LogP contribution in [0.2, 0.25) is 0 Å². The van der Waals surface area contributed by atoms with Crippen molar-refractivity contribution in [3.63, 3.8) is 0 Å². The maximum atomic E-state index is 5.34. The van der Waals surface area contributed by atoms with Crippen LogP contribution in [0.25, 0.3) is 0 Å². The summed E-state index contributed by atoms with van der Waals surface area (Å²) in [7, 11) is 1.94. The lowest BCUT2D eigenvalue weighted by Crippen LogP contribution is -2.36. The zero-order valence-electron chi connectivity index (χ0n) is 12.9. The van der Waals surface area contributed by atoms with Crippen LogP contribution in [0.4, 0.5) is 0 Å². The van der Waals surface area contributed by atoms with Gasteiger partial charge < -0.3 is 10.6 Å². The molecular formula is C14H22N6S. The minimum Gasteiger partial charge on any atom is -0.359 e. The van der Waals surface area contributed by atoms with Crippen LogP contribution in [0, 0.1) is 6.92 Å². The number of aromatic nitrogens is 4. The molecule has 114 valence electrons. The molecule has 0 fully saturated rings. The SMILES string of the molecule is CCn1cc(CNC(=S)NC(C)c2cnn(C)c2C)cn1. The van der Waals surface area contributed by atoms with E-state index < -0.39 is 0 Å². The molecular weight excluding hydrogens is 284 g/mol. The van der Waals surface area contributed by atoms with Crippen LogP contribution in [0.3, 0.4) is 0 Å². The molecule has 7 heteroatoms. The highest BCUT2D eigenvalue weighted by atomic mass is 32.1. The lowest BCUT2D eigenvalue weighted by Gasteiger charge is -2.16. The molecule has 21 heavy (non-hydrogen) atoms. The lowest BCUT2D eigenvalue weighted by atomic mass is 10.1. The van der Waals surface area contributed by atoms with Crippen LogP contribution >= 0.6 is 12.2 Å². The van der Waals surface area contributed by atoms with Crippen molar-refractivity contribution in [2.75, 3.05) is 0 Å². The second kappa shape index (κ2) is 6.71. The number of nitrogens with zero attached hydrogens (tertiary/aromatic N) is 4. The molecule has 1 unspecified atom stereocenters. The first-order chi connectivity index (χ1) is 10.0. The molecule has 2 aromatic heterocycles. The van der Waals surface area contributed by atoms with Crippen LogP contribution in [0.15, 0.2) is 18.6 Å². The van der Waals surface area contributed by atoms with E-state index in [2.05, 4.69) is 41.6 Å². The Morgan fingerprint density at radius 1 is 1.38 bits per heavy atom. The van der Waals surface area contributed by atoms with E-state index in [9.17, 15) is 0 Å². The van der Waals surface area contributed by atoms with Gasteiger partial charge in [0.1, 0.15) is 0 Å². The maximum Gasteiger partial charge on any atom is 0.167 e. The molecule has 0 spiro atoms. The average Bonchev–Trinajstić information content (AvgIpc) is 3.04. The fourth-order valence-corrected chi connectivity index (χ4v) is 2.37. The Morgan fingerprint density at radius 2 is 2.14 bits per heavy atom. The zero-order valence-corrected chi connectivity index (χ0v) is 13.7. The number of hydrogen-bond donors (Lipinski definition) is 2. The highest BCUT2D eigenvalue weighted by Gasteiger charge is 2.12. The molecule has 6 nitrogen and oxygen atoms in total. The van der Waals surface area contributed by atoms with E-state index in [1.54, 1.807) is 0 Å². The van der Waals surface area contributed by atoms with Crippen LogP contribution in [-0.4, -0.2) is 24.7 Å². The number of thiocarbonyl (C=S) groups is 1. The van der Waals surface area contributed by atoms with Crippen molar-refractivity contribution < 1.29 is 0 Å². The van der Waals surface area contributed by atoms with E-state index >= 15 is 0 Å². The van der Waals surface area contributed by atoms with Crippen LogP contribution in [0.1, 0.15) is 36.7 Å². The second-order valence-corrected chi connectivity index (χ2v) is 5.47. The molecule has 2 heterocycles. The molecule has 0 saturated carbocycles. The van der Waals surface area contributed by atoms with E-state index in [0.717, 1.165) is 23.4 Å². The molecule has 0 bridgehead atoms.